The van der Waals surface area contributed by atoms with Crippen molar-refractivity contribution >= 4 is 35.3 Å². The average Bonchev–Trinajstić information content (AvgIpc) is 3.17. The number of carbonyl (C=O) groups is 3. The van der Waals surface area contributed by atoms with E-state index in [9.17, 15) is 19.2 Å². The van der Waals surface area contributed by atoms with Crippen LogP contribution in [0.4, 0.5) is 0 Å². The van der Waals surface area contributed by atoms with Gasteiger partial charge in [-0.25, -0.2) is 9.79 Å². The third-order valence-corrected chi connectivity index (χ3v) is 6.61. The van der Waals surface area contributed by atoms with Crippen molar-refractivity contribution in [2.75, 3.05) is 14.2 Å². The van der Waals surface area contributed by atoms with Crippen LogP contribution in [0.25, 0.3) is 6.08 Å². The highest BCUT2D eigenvalue weighted by Gasteiger charge is 2.33. The molecule has 1 aromatic heterocycles. The van der Waals surface area contributed by atoms with Crippen LogP contribution in [0.3, 0.4) is 0 Å². The van der Waals surface area contributed by atoms with Gasteiger partial charge in [0.1, 0.15) is 5.75 Å². The fourth-order valence-corrected chi connectivity index (χ4v) is 5.10. The van der Waals surface area contributed by atoms with Crippen LogP contribution >= 0.6 is 11.3 Å². The lowest BCUT2D eigenvalue weighted by molar-refractivity contribution is -0.136. The Balaban J connectivity index is 1.86. The van der Waals surface area contributed by atoms with Gasteiger partial charge in [0.25, 0.3) is 5.56 Å². The highest BCUT2D eigenvalue weighted by molar-refractivity contribution is 7.07. The third-order valence-electron chi connectivity index (χ3n) is 5.62. The van der Waals surface area contributed by atoms with Crippen molar-refractivity contribution in [1.82, 2.24) is 4.57 Å². The standard InChI is InChI=1S/C27H24N2O8S/c1-14-23(26(33)35-5)24(18-7-9-19(10-8-18)36-15(2)30)29-25(32)22(38-27(29)28-14)13-17-6-11-20(37-16(3)31)21(12-17)34-4/h6-13,24H,1-5H3/b22-13+/t24-/m1/s1. The fraction of sp³-hybridized carbons (Fsp3) is 0.222. The monoisotopic (exact) mass is 536 g/mol. The molecular formula is C27H24N2O8S. The lowest BCUT2D eigenvalue weighted by atomic mass is 9.96. The molecule has 0 saturated heterocycles. The largest absolute Gasteiger partial charge is 0.493 e. The van der Waals surface area contributed by atoms with Crippen LogP contribution in [-0.2, 0) is 19.1 Å². The first-order valence-electron chi connectivity index (χ1n) is 11.4. The van der Waals surface area contributed by atoms with Gasteiger partial charge in [0.2, 0.25) is 0 Å². The van der Waals surface area contributed by atoms with Crippen molar-refractivity contribution in [2.24, 2.45) is 4.99 Å². The summed E-state index contributed by atoms with van der Waals surface area (Å²) in [5.74, 6) is -0.637. The molecule has 0 N–H and O–H groups in total. The van der Waals surface area contributed by atoms with E-state index in [1.54, 1.807) is 55.5 Å². The van der Waals surface area contributed by atoms with Crippen LogP contribution in [0.5, 0.6) is 17.2 Å². The zero-order valence-corrected chi connectivity index (χ0v) is 22.1. The second-order valence-electron chi connectivity index (χ2n) is 8.24. The summed E-state index contributed by atoms with van der Waals surface area (Å²) in [7, 11) is 2.71. The maximum Gasteiger partial charge on any atom is 0.338 e. The van der Waals surface area contributed by atoms with Gasteiger partial charge in [-0.2, -0.15) is 0 Å². The van der Waals surface area contributed by atoms with Gasteiger partial charge in [-0.05, 0) is 48.4 Å². The molecule has 0 radical (unpaired) electrons. The van der Waals surface area contributed by atoms with E-state index in [4.69, 9.17) is 18.9 Å². The molecule has 1 aliphatic rings. The minimum absolute atomic E-state index is 0.221. The summed E-state index contributed by atoms with van der Waals surface area (Å²) in [6, 6.07) is 10.6. The highest BCUT2D eigenvalue weighted by atomic mass is 32.1. The van der Waals surface area contributed by atoms with E-state index in [-0.39, 0.29) is 16.9 Å². The predicted molar refractivity (Wildman–Crippen MR) is 138 cm³/mol. The third kappa shape index (κ3) is 5.28. The molecular weight excluding hydrogens is 512 g/mol. The number of nitrogens with zero attached hydrogens (tertiary/aromatic N) is 2. The number of methoxy groups -OCH3 is 2. The Kier molecular flexibility index (Phi) is 7.58. The molecule has 0 spiro atoms. The number of rotatable bonds is 6. The number of thiazole rings is 1. The zero-order valence-electron chi connectivity index (χ0n) is 21.3. The first-order chi connectivity index (χ1) is 18.1. The van der Waals surface area contributed by atoms with Crippen molar-refractivity contribution in [3.8, 4) is 17.2 Å². The SMILES string of the molecule is COC(=O)C1=C(C)N=c2s/c(=C/c3ccc(OC(C)=O)c(OC)c3)c(=O)n2[C@@H]1c1ccc(OC(C)=O)cc1. The van der Waals surface area contributed by atoms with E-state index in [1.165, 1.54) is 44.0 Å². The number of allylic oxidation sites excluding steroid dienone is 1. The van der Waals surface area contributed by atoms with Gasteiger partial charge >= 0.3 is 17.9 Å². The molecule has 2 heterocycles. The number of fused-ring (bicyclic) bond motifs is 1. The molecule has 196 valence electrons. The molecule has 10 nitrogen and oxygen atoms in total. The Morgan fingerprint density at radius 1 is 0.974 bits per heavy atom. The van der Waals surface area contributed by atoms with Gasteiger partial charge in [0.15, 0.2) is 16.3 Å². The summed E-state index contributed by atoms with van der Waals surface area (Å²) in [5, 5.41) is 0. The molecule has 0 bridgehead atoms. The van der Waals surface area contributed by atoms with Crippen molar-refractivity contribution in [3.05, 3.63) is 84.5 Å². The van der Waals surface area contributed by atoms with E-state index in [1.807, 2.05) is 0 Å². The van der Waals surface area contributed by atoms with Gasteiger partial charge in [-0.15, -0.1) is 0 Å². The quantitative estimate of drug-likeness (QED) is 0.347. The van der Waals surface area contributed by atoms with Crippen LogP contribution in [0, 0.1) is 0 Å². The Morgan fingerprint density at radius 2 is 1.66 bits per heavy atom. The number of hydrogen-bond donors (Lipinski definition) is 0. The summed E-state index contributed by atoms with van der Waals surface area (Å²) >= 11 is 1.17. The Labute approximate surface area is 221 Å². The molecule has 0 fully saturated rings. The maximum atomic E-state index is 13.7. The second-order valence-corrected chi connectivity index (χ2v) is 9.25. The lowest BCUT2D eigenvalue weighted by Gasteiger charge is -2.24. The summed E-state index contributed by atoms with van der Waals surface area (Å²) < 4.78 is 22.4. The Hall–Kier alpha value is -4.51. The summed E-state index contributed by atoms with van der Waals surface area (Å²) in [6.07, 6.45) is 1.67. The first kappa shape index (κ1) is 26.6. The second kappa shape index (κ2) is 10.9. The molecule has 2 aromatic carbocycles. The molecule has 1 aliphatic heterocycles. The van der Waals surface area contributed by atoms with E-state index < -0.39 is 23.9 Å². The molecule has 0 amide bonds. The van der Waals surface area contributed by atoms with Crippen LogP contribution in [0.1, 0.15) is 37.9 Å². The van der Waals surface area contributed by atoms with Gasteiger partial charge < -0.3 is 18.9 Å². The molecule has 1 atom stereocenters. The summed E-state index contributed by atoms with van der Waals surface area (Å²) in [4.78, 5) is 54.1. The Morgan fingerprint density at radius 3 is 2.26 bits per heavy atom. The number of carbonyl (C=O) groups excluding carboxylic acids is 3. The Bertz CT molecular complexity index is 1650. The van der Waals surface area contributed by atoms with Gasteiger partial charge in [-0.1, -0.05) is 29.5 Å². The predicted octanol–water partition coefficient (Wildman–Crippen LogP) is 2.27. The van der Waals surface area contributed by atoms with E-state index >= 15 is 0 Å². The van der Waals surface area contributed by atoms with Crippen LogP contribution in [-0.4, -0.2) is 36.7 Å². The highest BCUT2D eigenvalue weighted by Crippen LogP contribution is 2.32. The smallest absolute Gasteiger partial charge is 0.338 e. The van der Waals surface area contributed by atoms with Gasteiger partial charge in [0, 0.05) is 13.8 Å². The molecule has 3 aromatic rings. The summed E-state index contributed by atoms with van der Waals surface area (Å²) in [5.41, 5.74) is 1.52. The summed E-state index contributed by atoms with van der Waals surface area (Å²) in [6.45, 7) is 4.27. The number of aromatic nitrogens is 1. The normalized spacial score (nSPS) is 14.9. The van der Waals surface area contributed by atoms with E-state index in [0.717, 1.165) is 0 Å². The van der Waals surface area contributed by atoms with Crippen molar-refractivity contribution in [3.63, 3.8) is 0 Å². The molecule has 0 unspecified atom stereocenters. The number of ether oxygens (including phenoxy) is 4. The molecule has 38 heavy (non-hydrogen) atoms. The first-order valence-corrected chi connectivity index (χ1v) is 12.2. The zero-order chi connectivity index (χ0) is 27.6. The van der Waals surface area contributed by atoms with E-state index in [2.05, 4.69) is 4.99 Å². The minimum atomic E-state index is -0.812. The number of esters is 3. The number of hydrogen-bond acceptors (Lipinski definition) is 10. The topological polar surface area (TPSA) is 122 Å². The van der Waals surface area contributed by atoms with Crippen molar-refractivity contribution in [1.29, 1.82) is 0 Å². The lowest BCUT2D eigenvalue weighted by Crippen LogP contribution is -2.39. The van der Waals surface area contributed by atoms with Crippen LogP contribution < -0.4 is 29.1 Å². The molecule has 0 saturated carbocycles. The van der Waals surface area contributed by atoms with Gasteiger partial charge in [0.05, 0.1) is 36.1 Å². The fourth-order valence-electron chi connectivity index (χ4n) is 4.06. The van der Waals surface area contributed by atoms with Crippen molar-refractivity contribution < 1.29 is 33.3 Å². The van der Waals surface area contributed by atoms with Gasteiger partial charge in [-0.3, -0.25) is 19.0 Å². The van der Waals surface area contributed by atoms with Crippen LogP contribution in [0.2, 0.25) is 0 Å². The molecule has 4 rings (SSSR count). The van der Waals surface area contributed by atoms with Crippen LogP contribution in [0.15, 0.2) is 63.5 Å². The molecule has 0 aliphatic carbocycles. The molecule has 11 heteroatoms. The maximum absolute atomic E-state index is 13.7. The minimum Gasteiger partial charge on any atom is -0.493 e. The van der Waals surface area contributed by atoms with Crippen molar-refractivity contribution in [2.45, 2.75) is 26.8 Å². The average molecular weight is 537 g/mol. The number of benzene rings is 2. The van der Waals surface area contributed by atoms with E-state index in [0.29, 0.717) is 37.7 Å².